The topological polar surface area (TPSA) is 24.7 Å². The molecule has 20 heavy (non-hydrogen) atoms. The zero-order valence-electron chi connectivity index (χ0n) is 11.8. The number of likely N-dealkylation sites (N-methyl/N-ethyl adjacent to an activating group) is 1. The van der Waals surface area contributed by atoms with Gasteiger partial charge in [-0.25, -0.2) is 0 Å². The van der Waals surface area contributed by atoms with Gasteiger partial charge in [-0.05, 0) is 43.4 Å². The molecule has 2 aliphatic rings. The zero-order valence-corrected chi connectivity index (χ0v) is 11.8. The minimum absolute atomic E-state index is 0.317. The molecule has 1 amide bonds. The number of carbonyl (C=O) groups is 1. The summed E-state index contributed by atoms with van der Waals surface area (Å²) >= 11 is 0. The Bertz CT molecular complexity index is 669. The van der Waals surface area contributed by atoms with Crippen molar-refractivity contribution in [1.29, 1.82) is 0 Å². The number of aromatic nitrogens is 1. The Labute approximate surface area is 119 Å². The lowest BCUT2D eigenvalue weighted by Gasteiger charge is -2.31. The van der Waals surface area contributed by atoms with Crippen LogP contribution in [0.3, 0.4) is 0 Å². The van der Waals surface area contributed by atoms with E-state index in [0.29, 0.717) is 17.9 Å². The number of aryl methyl sites for hydroxylation is 1. The van der Waals surface area contributed by atoms with Gasteiger partial charge in [-0.15, -0.1) is 0 Å². The zero-order chi connectivity index (χ0) is 13.7. The van der Waals surface area contributed by atoms with E-state index in [1.807, 2.05) is 11.9 Å². The molecule has 0 N–H and O–H groups in total. The van der Waals surface area contributed by atoms with Crippen LogP contribution in [0.4, 0.5) is 0 Å². The fourth-order valence-corrected chi connectivity index (χ4v) is 3.35. The van der Waals surface area contributed by atoms with E-state index < -0.39 is 0 Å². The molecule has 1 saturated carbocycles. The molecule has 2 aliphatic carbocycles. The summed E-state index contributed by atoms with van der Waals surface area (Å²) in [5.74, 6) is 0.667. The van der Waals surface area contributed by atoms with Crippen molar-refractivity contribution >= 4 is 11.4 Å². The van der Waals surface area contributed by atoms with Crippen LogP contribution in [0.5, 0.6) is 0 Å². The van der Waals surface area contributed by atoms with Gasteiger partial charge in [0.2, 0.25) is 5.91 Å². The van der Waals surface area contributed by atoms with Crippen molar-refractivity contribution in [2.24, 2.45) is 5.92 Å². The quantitative estimate of drug-likeness (QED) is 0.820. The van der Waals surface area contributed by atoms with Gasteiger partial charge in [-0.2, -0.15) is 0 Å². The van der Waals surface area contributed by atoms with Crippen LogP contribution in [0.2, 0.25) is 0 Å². The Morgan fingerprint density at radius 2 is 2.20 bits per heavy atom. The standard InChI is InChI=1S/C17H19N2O/c1-18(17(20)12-5-6-12)14-8-7-13-10-15-4-2-3-9-19(15)16(13)11-14/h2-4,9,12,14H,5-8,11H2,1H3/t14-/m1/s1. The number of carbonyl (C=O) groups excluding carboxylic acids is 1. The summed E-state index contributed by atoms with van der Waals surface area (Å²) < 4.78 is 2.23. The Morgan fingerprint density at radius 1 is 1.35 bits per heavy atom. The number of amides is 1. The van der Waals surface area contributed by atoms with Gasteiger partial charge < -0.3 is 9.30 Å². The molecule has 1 radical (unpaired) electrons. The highest BCUT2D eigenvalue weighted by molar-refractivity contribution is 5.81. The molecule has 0 unspecified atom stereocenters. The average molecular weight is 267 g/mol. The Hall–Kier alpha value is -1.77. The molecule has 2 heterocycles. The molecule has 4 rings (SSSR count). The molecular weight excluding hydrogens is 248 g/mol. The van der Waals surface area contributed by atoms with Gasteiger partial charge in [0.1, 0.15) is 0 Å². The molecule has 0 aliphatic heterocycles. The van der Waals surface area contributed by atoms with Crippen molar-refractivity contribution in [3.05, 3.63) is 41.7 Å². The van der Waals surface area contributed by atoms with Crippen LogP contribution in [0.25, 0.3) is 5.52 Å². The van der Waals surface area contributed by atoms with Crippen molar-refractivity contribution in [1.82, 2.24) is 9.30 Å². The molecule has 0 bridgehead atoms. The van der Waals surface area contributed by atoms with E-state index in [-0.39, 0.29) is 0 Å². The maximum Gasteiger partial charge on any atom is 0.225 e. The largest absolute Gasteiger partial charge is 0.342 e. The second kappa shape index (κ2) is 4.37. The average Bonchev–Trinajstić information content (AvgIpc) is 3.26. The Morgan fingerprint density at radius 3 is 3.00 bits per heavy atom. The third-order valence-corrected chi connectivity index (χ3v) is 4.76. The molecule has 103 valence electrons. The lowest BCUT2D eigenvalue weighted by atomic mass is 9.92. The Balaban J connectivity index is 1.63. The highest BCUT2D eigenvalue weighted by atomic mass is 16.2. The van der Waals surface area contributed by atoms with E-state index in [0.717, 1.165) is 37.6 Å². The third kappa shape index (κ3) is 1.84. The number of fused-ring (bicyclic) bond motifs is 3. The van der Waals surface area contributed by atoms with Crippen LogP contribution in [0.15, 0.2) is 24.4 Å². The van der Waals surface area contributed by atoms with Gasteiger partial charge >= 0.3 is 0 Å². The smallest absolute Gasteiger partial charge is 0.225 e. The lowest BCUT2D eigenvalue weighted by Crippen LogP contribution is -2.41. The summed E-state index contributed by atoms with van der Waals surface area (Å²) in [6.07, 6.45) is 7.33. The second-order valence-electron chi connectivity index (χ2n) is 6.13. The third-order valence-electron chi connectivity index (χ3n) is 4.76. The van der Waals surface area contributed by atoms with Crippen molar-refractivity contribution in [3.8, 4) is 0 Å². The number of nitrogens with zero attached hydrogens (tertiary/aromatic N) is 2. The minimum atomic E-state index is 0.317. The van der Waals surface area contributed by atoms with E-state index in [4.69, 9.17) is 0 Å². The van der Waals surface area contributed by atoms with E-state index in [1.165, 1.54) is 11.3 Å². The number of rotatable bonds is 2. The first-order chi connectivity index (χ1) is 9.74. The van der Waals surface area contributed by atoms with Crippen molar-refractivity contribution < 1.29 is 4.79 Å². The molecular formula is C17H19N2O. The van der Waals surface area contributed by atoms with E-state index >= 15 is 0 Å². The molecule has 0 aromatic carbocycles. The number of hydrogen-bond acceptors (Lipinski definition) is 1. The molecule has 0 spiro atoms. The maximum atomic E-state index is 12.2. The molecule has 1 fully saturated rings. The van der Waals surface area contributed by atoms with Crippen LogP contribution in [0.1, 0.15) is 30.5 Å². The first-order valence-corrected chi connectivity index (χ1v) is 7.51. The maximum absolute atomic E-state index is 12.2. The summed E-state index contributed by atoms with van der Waals surface area (Å²) in [5, 5.41) is 0. The predicted molar refractivity (Wildman–Crippen MR) is 77.5 cm³/mol. The first kappa shape index (κ1) is 12.0. The molecule has 2 aromatic rings. The fourth-order valence-electron chi connectivity index (χ4n) is 3.35. The highest BCUT2D eigenvalue weighted by Crippen LogP contribution is 2.33. The molecule has 3 heteroatoms. The molecule has 1 atom stereocenters. The van der Waals surface area contributed by atoms with Crippen molar-refractivity contribution in [2.45, 2.75) is 38.1 Å². The van der Waals surface area contributed by atoms with Crippen molar-refractivity contribution in [2.75, 3.05) is 7.05 Å². The van der Waals surface area contributed by atoms with Crippen molar-refractivity contribution in [3.63, 3.8) is 0 Å². The normalized spacial score (nSPS) is 21.8. The molecule has 3 nitrogen and oxygen atoms in total. The summed E-state index contributed by atoms with van der Waals surface area (Å²) in [4.78, 5) is 14.2. The second-order valence-corrected chi connectivity index (χ2v) is 6.13. The van der Waals surface area contributed by atoms with Gasteiger partial charge in [-0.3, -0.25) is 4.79 Å². The highest BCUT2D eigenvalue weighted by Gasteiger charge is 2.35. The molecule has 2 aromatic heterocycles. The fraction of sp³-hybridized carbons (Fsp3) is 0.471. The monoisotopic (exact) mass is 267 g/mol. The van der Waals surface area contributed by atoms with Crippen LogP contribution in [-0.4, -0.2) is 28.3 Å². The summed E-state index contributed by atoms with van der Waals surface area (Å²) in [7, 11) is 1.98. The predicted octanol–water partition coefficient (Wildman–Crippen LogP) is 2.47. The number of hydrogen-bond donors (Lipinski definition) is 0. The van der Waals surface area contributed by atoms with Crippen LogP contribution >= 0.6 is 0 Å². The van der Waals surface area contributed by atoms with Gasteiger partial charge in [0.15, 0.2) is 0 Å². The van der Waals surface area contributed by atoms with Gasteiger partial charge in [-0.1, -0.05) is 6.07 Å². The molecule has 0 saturated heterocycles. The number of pyridine rings is 1. The van der Waals surface area contributed by atoms with Gasteiger partial charge in [0.05, 0.1) is 5.52 Å². The summed E-state index contributed by atoms with van der Waals surface area (Å²) in [5.41, 5.74) is 3.82. The first-order valence-electron chi connectivity index (χ1n) is 7.51. The Kier molecular flexibility index (Phi) is 2.62. The van der Waals surface area contributed by atoms with Crippen LogP contribution in [-0.2, 0) is 17.6 Å². The van der Waals surface area contributed by atoms with Crippen LogP contribution in [0, 0.1) is 12.0 Å². The van der Waals surface area contributed by atoms with E-state index in [9.17, 15) is 4.79 Å². The van der Waals surface area contributed by atoms with Crippen LogP contribution < -0.4 is 0 Å². The van der Waals surface area contributed by atoms with E-state index in [2.05, 4.69) is 34.9 Å². The van der Waals surface area contributed by atoms with E-state index in [1.54, 1.807) is 0 Å². The summed E-state index contributed by atoms with van der Waals surface area (Å²) in [6, 6.07) is 10.1. The minimum Gasteiger partial charge on any atom is -0.342 e. The SMILES string of the molecule is CN(C(=O)C1CC1)[C@@H]1CCc2[c]c3ccccn3c2C1. The lowest BCUT2D eigenvalue weighted by molar-refractivity contribution is -0.133. The van der Waals surface area contributed by atoms with Gasteiger partial charge in [0, 0.05) is 43.4 Å². The summed E-state index contributed by atoms with van der Waals surface area (Å²) in [6.45, 7) is 0. The van der Waals surface area contributed by atoms with Gasteiger partial charge in [0.25, 0.3) is 0 Å².